The van der Waals surface area contributed by atoms with E-state index in [0.717, 1.165) is 21.4 Å². The van der Waals surface area contributed by atoms with Gasteiger partial charge in [0.1, 0.15) is 5.69 Å². The fourth-order valence-corrected chi connectivity index (χ4v) is 2.10. The first-order valence-electron chi connectivity index (χ1n) is 5.55. The quantitative estimate of drug-likeness (QED) is 0.927. The van der Waals surface area contributed by atoms with E-state index in [4.69, 9.17) is 0 Å². The molecule has 1 aromatic carbocycles. The molecule has 5 heteroatoms. The summed E-state index contributed by atoms with van der Waals surface area (Å²) in [7, 11) is 1.76. The minimum absolute atomic E-state index is 0.153. The molecule has 2 aromatic rings. The van der Waals surface area contributed by atoms with Crippen LogP contribution >= 0.6 is 15.9 Å². The number of aromatic nitrogens is 2. The predicted molar refractivity (Wildman–Crippen MR) is 74.8 cm³/mol. The van der Waals surface area contributed by atoms with Crippen molar-refractivity contribution in [3.8, 4) is 0 Å². The molecule has 2 rings (SSSR count). The fourth-order valence-electron chi connectivity index (χ4n) is 1.74. The average molecular weight is 308 g/mol. The first-order valence-corrected chi connectivity index (χ1v) is 6.35. The Bertz CT molecular complexity index is 604. The van der Waals surface area contributed by atoms with Crippen molar-refractivity contribution in [3.05, 3.63) is 45.7 Å². The summed E-state index contributed by atoms with van der Waals surface area (Å²) in [6.07, 6.45) is 0. The Hall–Kier alpha value is -1.62. The van der Waals surface area contributed by atoms with Gasteiger partial charge in [0.05, 0.1) is 5.69 Å². The highest BCUT2D eigenvalue weighted by molar-refractivity contribution is 9.10. The number of benzene rings is 1. The minimum Gasteiger partial charge on any atom is -0.320 e. The van der Waals surface area contributed by atoms with Crippen LogP contribution in [0.5, 0.6) is 0 Å². The second-order valence-electron chi connectivity index (χ2n) is 4.21. The van der Waals surface area contributed by atoms with Crippen LogP contribution in [0.25, 0.3) is 0 Å². The van der Waals surface area contributed by atoms with Gasteiger partial charge in [-0.3, -0.25) is 9.48 Å². The van der Waals surface area contributed by atoms with Crippen molar-refractivity contribution in [1.82, 2.24) is 9.78 Å². The van der Waals surface area contributed by atoms with Gasteiger partial charge in [-0.1, -0.05) is 22.0 Å². The molecule has 0 bridgehead atoms. The molecule has 0 unspecified atom stereocenters. The molecule has 1 heterocycles. The van der Waals surface area contributed by atoms with Crippen molar-refractivity contribution in [2.75, 3.05) is 5.32 Å². The molecule has 0 fully saturated rings. The van der Waals surface area contributed by atoms with Gasteiger partial charge >= 0.3 is 0 Å². The second-order valence-corrected chi connectivity index (χ2v) is 5.12. The molecular weight excluding hydrogens is 294 g/mol. The number of aryl methyl sites for hydroxylation is 3. The van der Waals surface area contributed by atoms with Crippen molar-refractivity contribution >= 4 is 27.5 Å². The number of nitrogens with zero attached hydrogens (tertiary/aromatic N) is 2. The highest BCUT2D eigenvalue weighted by atomic mass is 79.9. The molecule has 94 valence electrons. The van der Waals surface area contributed by atoms with Gasteiger partial charge in [0.25, 0.3) is 5.91 Å². The Kier molecular flexibility index (Phi) is 3.52. The van der Waals surface area contributed by atoms with Crippen molar-refractivity contribution in [2.24, 2.45) is 7.05 Å². The molecular formula is C13H14BrN3O. The average Bonchev–Trinajstić information content (AvgIpc) is 2.63. The molecule has 1 aromatic heterocycles. The first-order chi connectivity index (χ1) is 8.47. The van der Waals surface area contributed by atoms with Crippen LogP contribution in [0.3, 0.4) is 0 Å². The van der Waals surface area contributed by atoms with Crippen LogP contribution in [0.1, 0.15) is 21.7 Å². The number of rotatable bonds is 2. The molecule has 0 saturated carbocycles. The lowest BCUT2D eigenvalue weighted by Crippen LogP contribution is -2.16. The van der Waals surface area contributed by atoms with Crippen LogP contribution in [-0.2, 0) is 7.05 Å². The zero-order valence-corrected chi connectivity index (χ0v) is 12.1. The van der Waals surface area contributed by atoms with E-state index in [-0.39, 0.29) is 5.91 Å². The zero-order chi connectivity index (χ0) is 13.3. The Morgan fingerprint density at radius 3 is 2.67 bits per heavy atom. The summed E-state index contributed by atoms with van der Waals surface area (Å²) >= 11 is 3.39. The summed E-state index contributed by atoms with van der Waals surface area (Å²) in [5, 5.41) is 7.05. The molecule has 4 nitrogen and oxygen atoms in total. The topological polar surface area (TPSA) is 46.9 Å². The summed E-state index contributed by atoms with van der Waals surface area (Å²) < 4.78 is 2.52. The van der Waals surface area contributed by atoms with Crippen LogP contribution in [0, 0.1) is 13.8 Å². The first kappa shape index (κ1) is 12.8. The molecule has 0 atom stereocenters. The highest BCUT2D eigenvalue weighted by Gasteiger charge is 2.12. The molecule has 18 heavy (non-hydrogen) atoms. The largest absolute Gasteiger partial charge is 0.320 e. The number of nitrogens with one attached hydrogen (secondary N) is 1. The van der Waals surface area contributed by atoms with Gasteiger partial charge in [-0.15, -0.1) is 0 Å². The van der Waals surface area contributed by atoms with E-state index in [0.29, 0.717) is 5.69 Å². The van der Waals surface area contributed by atoms with Gasteiger partial charge < -0.3 is 5.32 Å². The standard InChI is InChI=1S/C13H14BrN3O/c1-8-4-5-10(14)7-11(8)15-13(18)12-6-9(2)16-17(12)3/h4-7H,1-3H3,(H,15,18). The van der Waals surface area contributed by atoms with E-state index in [2.05, 4.69) is 26.3 Å². The molecule has 0 aliphatic heterocycles. The van der Waals surface area contributed by atoms with Gasteiger partial charge in [0.15, 0.2) is 0 Å². The van der Waals surface area contributed by atoms with E-state index < -0.39 is 0 Å². The number of anilines is 1. The smallest absolute Gasteiger partial charge is 0.273 e. The van der Waals surface area contributed by atoms with Crippen LogP contribution in [-0.4, -0.2) is 15.7 Å². The maximum atomic E-state index is 12.1. The van der Waals surface area contributed by atoms with Crippen molar-refractivity contribution in [1.29, 1.82) is 0 Å². The predicted octanol–water partition coefficient (Wildman–Crippen LogP) is 3.05. The van der Waals surface area contributed by atoms with Crippen LogP contribution < -0.4 is 5.32 Å². The van der Waals surface area contributed by atoms with E-state index in [1.807, 2.05) is 32.0 Å². The third-order valence-corrected chi connectivity index (χ3v) is 3.18. The number of carbonyl (C=O) groups excluding carboxylic acids is 1. The fraction of sp³-hybridized carbons (Fsp3) is 0.231. The van der Waals surface area contributed by atoms with Crippen LogP contribution in [0.2, 0.25) is 0 Å². The summed E-state index contributed by atoms with van der Waals surface area (Å²) in [6.45, 7) is 3.82. The third kappa shape index (κ3) is 2.61. The number of hydrogen-bond acceptors (Lipinski definition) is 2. The van der Waals surface area contributed by atoms with E-state index in [1.165, 1.54) is 0 Å². The molecule has 0 saturated heterocycles. The van der Waals surface area contributed by atoms with Gasteiger partial charge in [-0.05, 0) is 37.6 Å². The van der Waals surface area contributed by atoms with Crippen LogP contribution in [0.15, 0.2) is 28.7 Å². The minimum atomic E-state index is -0.153. The molecule has 0 radical (unpaired) electrons. The normalized spacial score (nSPS) is 10.4. The Labute approximate surface area is 114 Å². The maximum absolute atomic E-state index is 12.1. The Morgan fingerprint density at radius 1 is 1.33 bits per heavy atom. The third-order valence-electron chi connectivity index (χ3n) is 2.68. The Morgan fingerprint density at radius 2 is 2.06 bits per heavy atom. The molecule has 1 amide bonds. The lowest BCUT2D eigenvalue weighted by atomic mass is 10.2. The molecule has 0 spiro atoms. The van der Waals surface area contributed by atoms with Gasteiger partial charge in [-0.25, -0.2) is 0 Å². The zero-order valence-electron chi connectivity index (χ0n) is 10.5. The summed E-state index contributed by atoms with van der Waals surface area (Å²) in [4.78, 5) is 12.1. The highest BCUT2D eigenvalue weighted by Crippen LogP contribution is 2.21. The Balaban J connectivity index is 2.26. The van der Waals surface area contributed by atoms with E-state index in [9.17, 15) is 4.79 Å². The number of hydrogen-bond donors (Lipinski definition) is 1. The summed E-state index contributed by atoms with van der Waals surface area (Å²) in [6, 6.07) is 7.55. The molecule has 0 aliphatic rings. The van der Waals surface area contributed by atoms with E-state index >= 15 is 0 Å². The van der Waals surface area contributed by atoms with Crippen LogP contribution in [0.4, 0.5) is 5.69 Å². The van der Waals surface area contributed by atoms with Gasteiger partial charge in [0.2, 0.25) is 0 Å². The number of carbonyl (C=O) groups is 1. The molecule has 0 aliphatic carbocycles. The SMILES string of the molecule is Cc1cc(C(=O)Nc2cc(Br)ccc2C)n(C)n1. The van der Waals surface area contributed by atoms with Crippen molar-refractivity contribution in [3.63, 3.8) is 0 Å². The summed E-state index contributed by atoms with van der Waals surface area (Å²) in [5.74, 6) is -0.153. The van der Waals surface area contributed by atoms with Crippen molar-refractivity contribution in [2.45, 2.75) is 13.8 Å². The lowest BCUT2D eigenvalue weighted by Gasteiger charge is -2.08. The maximum Gasteiger partial charge on any atom is 0.273 e. The monoisotopic (exact) mass is 307 g/mol. The van der Waals surface area contributed by atoms with Gasteiger partial charge in [-0.2, -0.15) is 5.10 Å². The van der Waals surface area contributed by atoms with Crippen molar-refractivity contribution < 1.29 is 4.79 Å². The lowest BCUT2D eigenvalue weighted by molar-refractivity contribution is 0.101. The summed E-state index contributed by atoms with van der Waals surface area (Å²) in [5.41, 5.74) is 3.19. The second kappa shape index (κ2) is 4.94. The number of amides is 1. The number of halogens is 1. The molecule has 1 N–H and O–H groups in total. The van der Waals surface area contributed by atoms with Gasteiger partial charge in [0, 0.05) is 17.2 Å². The van der Waals surface area contributed by atoms with E-state index in [1.54, 1.807) is 17.8 Å².